The van der Waals surface area contributed by atoms with Gasteiger partial charge in [0.1, 0.15) is 0 Å². The van der Waals surface area contributed by atoms with Crippen LogP contribution in [0.1, 0.15) is 0 Å². The van der Waals surface area contributed by atoms with Gasteiger partial charge in [-0.1, -0.05) is 0 Å². The fourth-order valence-electron chi connectivity index (χ4n) is 1.02. The summed E-state index contributed by atoms with van der Waals surface area (Å²) in [7, 11) is 3.60. The Morgan fingerprint density at radius 3 is 2.00 bits per heavy atom. The quantitative estimate of drug-likeness (QED) is 0.401. The Labute approximate surface area is 79.1 Å². The van der Waals surface area contributed by atoms with Crippen LogP contribution in [0.25, 0.3) is 0 Å². The zero-order chi connectivity index (χ0) is 11.3. The van der Waals surface area contributed by atoms with Gasteiger partial charge in [0.15, 0.2) is 6.20 Å². The molecule has 1 aliphatic rings. The van der Waals surface area contributed by atoms with Gasteiger partial charge >= 0.3 is 5.82 Å². The summed E-state index contributed by atoms with van der Waals surface area (Å²) in [6.07, 6.45) is 1.60. The molecule has 1 heterocycles. The molecule has 0 aromatic rings. The average Bonchev–Trinajstić information content (AvgIpc) is 2.28. The zero-order valence-corrected chi connectivity index (χ0v) is 7.67. The van der Waals surface area contributed by atoms with E-state index in [0.717, 1.165) is 4.90 Å². The lowest BCUT2D eigenvalue weighted by atomic mass is 10.7. The first kappa shape index (κ1) is 12.1. The molecule has 0 amide bonds. The normalized spacial score (nSPS) is 19.4. The maximum Gasteiger partial charge on any atom is 0.376 e. The highest BCUT2D eigenvalue weighted by molar-refractivity contribution is 4.85. The van der Waals surface area contributed by atoms with Gasteiger partial charge in [-0.3, -0.25) is 4.90 Å². The van der Waals surface area contributed by atoms with E-state index >= 15 is 0 Å². The van der Waals surface area contributed by atoms with Gasteiger partial charge in [-0.2, -0.15) is 0 Å². The third-order valence-electron chi connectivity index (χ3n) is 1.44. The maximum absolute atomic E-state index is 10.2. The van der Waals surface area contributed by atoms with Gasteiger partial charge in [0.25, 0.3) is 0 Å². The molecule has 0 radical (unpaired) electrons. The highest BCUT2D eigenvalue weighted by Gasteiger charge is 2.28. The van der Waals surface area contributed by atoms with Crippen LogP contribution in [0.5, 0.6) is 0 Å². The third-order valence-corrected chi connectivity index (χ3v) is 1.44. The molecular formula is C5H10N4O5. The Morgan fingerprint density at radius 1 is 1.43 bits per heavy atom. The molecule has 0 saturated heterocycles. The van der Waals surface area contributed by atoms with Gasteiger partial charge in [-0.25, -0.2) is 4.90 Å². The molecule has 14 heavy (non-hydrogen) atoms. The predicted octanol–water partition coefficient (Wildman–Crippen LogP) is -1.76. The number of rotatable bonds is 1. The lowest BCUT2D eigenvalue weighted by Crippen LogP contribution is -3.03. The predicted molar refractivity (Wildman–Crippen MR) is 45.0 cm³/mol. The van der Waals surface area contributed by atoms with Gasteiger partial charge in [0.2, 0.25) is 6.67 Å². The summed E-state index contributed by atoms with van der Waals surface area (Å²) in [6, 6.07) is 0. The molecule has 0 fully saturated rings. The zero-order valence-electron chi connectivity index (χ0n) is 7.67. The molecule has 1 rings (SSSR count). The molecule has 1 atom stereocenters. The van der Waals surface area contributed by atoms with Crippen molar-refractivity contribution in [2.75, 3.05) is 20.8 Å². The molecule has 0 saturated carbocycles. The topological polar surface area (TPSA) is 117 Å². The molecular weight excluding hydrogens is 196 g/mol. The smallest absolute Gasteiger partial charge is 0.358 e. The number of quaternary nitrogens is 1. The van der Waals surface area contributed by atoms with Crippen molar-refractivity contribution >= 4 is 0 Å². The number of hydrogen-bond donors (Lipinski definition) is 1. The van der Waals surface area contributed by atoms with Crippen LogP contribution in [0.4, 0.5) is 0 Å². The van der Waals surface area contributed by atoms with Gasteiger partial charge < -0.3 is 25.4 Å². The third kappa shape index (κ3) is 4.21. The van der Waals surface area contributed by atoms with Crippen LogP contribution in [-0.4, -0.2) is 35.7 Å². The van der Waals surface area contributed by atoms with Crippen LogP contribution < -0.4 is 4.90 Å². The van der Waals surface area contributed by atoms with Crippen molar-refractivity contribution in [1.29, 1.82) is 0 Å². The standard InChI is InChI=1S/C5H9N3O2.NO3/c1-6-3-5(8(9)10)7(2)4-6;2-1(3)4/h3H,4H2,1-2H3;/q;-1/p+1. The van der Waals surface area contributed by atoms with E-state index in [1.807, 2.05) is 7.05 Å². The molecule has 0 aromatic heterocycles. The van der Waals surface area contributed by atoms with E-state index in [-0.39, 0.29) is 10.7 Å². The van der Waals surface area contributed by atoms with Gasteiger partial charge in [0, 0.05) is 0 Å². The molecule has 0 bridgehead atoms. The Morgan fingerprint density at radius 2 is 1.86 bits per heavy atom. The first-order valence-corrected chi connectivity index (χ1v) is 3.55. The molecule has 1 aliphatic heterocycles. The van der Waals surface area contributed by atoms with E-state index in [2.05, 4.69) is 0 Å². The summed E-state index contributed by atoms with van der Waals surface area (Å²) in [5.41, 5.74) is 0. The summed E-state index contributed by atoms with van der Waals surface area (Å²) in [5.74, 6) is 0.192. The van der Waals surface area contributed by atoms with E-state index in [0.29, 0.717) is 6.67 Å². The van der Waals surface area contributed by atoms with Gasteiger partial charge in [-0.15, -0.1) is 0 Å². The second-order valence-corrected chi connectivity index (χ2v) is 2.69. The van der Waals surface area contributed by atoms with Crippen molar-refractivity contribution in [1.82, 2.24) is 4.90 Å². The van der Waals surface area contributed by atoms with Crippen molar-refractivity contribution in [2.45, 2.75) is 0 Å². The Balaban J connectivity index is 0.000000364. The van der Waals surface area contributed by atoms with E-state index in [9.17, 15) is 10.1 Å². The Kier molecular flexibility index (Phi) is 4.29. The summed E-state index contributed by atoms with van der Waals surface area (Å²) in [4.78, 5) is 20.8. The Bertz CT molecular complexity index is 261. The SMILES string of the molecule is CN1C[NH+](C)C=C1[N+](=O)[O-].O=[N+]([O-])[O-]. The van der Waals surface area contributed by atoms with Crippen molar-refractivity contribution in [3.8, 4) is 0 Å². The minimum atomic E-state index is -1.75. The fourth-order valence-corrected chi connectivity index (χ4v) is 1.02. The maximum atomic E-state index is 10.2. The minimum Gasteiger partial charge on any atom is -0.358 e. The average molecular weight is 206 g/mol. The van der Waals surface area contributed by atoms with E-state index in [4.69, 9.17) is 15.3 Å². The summed E-state index contributed by atoms with van der Waals surface area (Å²) >= 11 is 0. The van der Waals surface area contributed by atoms with Crippen molar-refractivity contribution in [3.63, 3.8) is 0 Å². The van der Waals surface area contributed by atoms with Gasteiger partial charge in [-0.05, 0) is 4.92 Å². The van der Waals surface area contributed by atoms with Crippen LogP contribution in [0, 0.1) is 25.4 Å². The minimum absolute atomic E-state index is 0.192. The molecule has 1 unspecified atom stereocenters. The molecule has 0 aromatic carbocycles. The van der Waals surface area contributed by atoms with Crippen molar-refractivity contribution in [2.24, 2.45) is 0 Å². The summed E-state index contributed by atoms with van der Waals surface area (Å²) in [5, 5.41) is 25.0. The number of nitrogens with zero attached hydrogens (tertiary/aromatic N) is 3. The second kappa shape index (κ2) is 4.97. The second-order valence-electron chi connectivity index (χ2n) is 2.69. The van der Waals surface area contributed by atoms with Crippen LogP contribution in [0.15, 0.2) is 12.0 Å². The van der Waals surface area contributed by atoms with E-state index < -0.39 is 5.09 Å². The molecule has 9 nitrogen and oxygen atoms in total. The molecule has 80 valence electrons. The lowest BCUT2D eigenvalue weighted by Gasteiger charge is -2.03. The molecule has 1 N–H and O–H groups in total. The van der Waals surface area contributed by atoms with Crippen molar-refractivity contribution in [3.05, 3.63) is 37.5 Å². The highest BCUT2D eigenvalue weighted by Crippen LogP contribution is 2.00. The largest absolute Gasteiger partial charge is 0.376 e. The first-order chi connectivity index (χ1) is 6.34. The molecule has 0 aliphatic carbocycles. The Hall–Kier alpha value is -1.90. The monoisotopic (exact) mass is 206 g/mol. The number of nitrogens with one attached hydrogen (secondary N) is 1. The highest BCUT2D eigenvalue weighted by atomic mass is 16.9. The van der Waals surface area contributed by atoms with Crippen molar-refractivity contribution < 1.29 is 14.9 Å². The van der Waals surface area contributed by atoms with E-state index in [1.165, 1.54) is 0 Å². The van der Waals surface area contributed by atoms with Crippen LogP contribution in [0.2, 0.25) is 0 Å². The fraction of sp³-hybridized carbons (Fsp3) is 0.600. The summed E-state index contributed by atoms with van der Waals surface area (Å²) in [6.45, 7) is 0.677. The van der Waals surface area contributed by atoms with Gasteiger partial charge in [0.05, 0.1) is 19.2 Å². The van der Waals surface area contributed by atoms with Crippen LogP contribution in [-0.2, 0) is 0 Å². The number of nitro groups is 1. The number of hydrogen-bond acceptors (Lipinski definition) is 6. The lowest BCUT2D eigenvalue weighted by molar-refractivity contribution is -0.826. The summed E-state index contributed by atoms with van der Waals surface area (Å²) < 4.78 is 0. The van der Waals surface area contributed by atoms with Crippen LogP contribution >= 0.6 is 0 Å². The van der Waals surface area contributed by atoms with E-state index in [1.54, 1.807) is 18.1 Å². The first-order valence-electron chi connectivity index (χ1n) is 3.55. The molecule has 9 heteroatoms. The van der Waals surface area contributed by atoms with Crippen LogP contribution in [0.3, 0.4) is 0 Å². The molecule has 0 spiro atoms.